The summed E-state index contributed by atoms with van der Waals surface area (Å²) in [5.74, 6) is 0.281. The third-order valence-corrected chi connectivity index (χ3v) is 3.24. The second-order valence-electron chi connectivity index (χ2n) is 4.77. The molecule has 5 heteroatoms. The molecule has 0 saturated heterocycles. The number of ether oxygens (including phenoxy) is 1. The van der Waals surface area contributed by atoms with Crippen LogP contribution in [0.4, 0.5) is 0 Å². The van der Waals surface area contributed by atoms with Crippen LogP contribution in [0.25, 0.3) is 0 Å². The van der Waals surface area contributed by atoms with Crippen molar-refractivity contribution in [1.82, 2.24) is 5.32 Å². The van der Waals surface area contributed by atoms with Crippen molar-refractivity contribution in [2.45, 2.75) is 45.8 Å². The number of rotatable bonds is 7. The van der Waals surface area contributed by atoms with Gasteiger partial charge in [-0.1, -0.05) is 31.0 Å². The highest BCUT2D eigenvalue weighted by atomic mass is 35.5. The van der Waals surface area contributed by atoms with E-state index in [2.05, 4.69) is 12.2 Å². The van der Waals surface area contributed by atoms with Crippen molar-refractivity contribution in [1.29, 1.82) is 0 Å². The van der Waals surface area contributed by atoms with Crippen LogP contribution in [-0.4, -0.2) is 23.7 Å². The maximum Gasteiger partial charge on any atom is 0.260 e. The minimum Gasteiger partial charge on any atom is -0.479 e. The van der Waals surface area contributed by atoms with Crippen LogP contribution in [0.1, 0.15) is 45.3 Å². The first-order chi connectivity index (χ1) is 9.45. The highest BCUT2D eigenvalue weighted by molar-refractivity contribution is 6.32. The van der Waals surface area contributed by atoms with E-state index < -0.39 is 12.2 Å². The SMILES string of the molecule is CCCCNC(=O)C(C)Oc1ccc([C@@H](C)O)cc1Cl. The van der Waals surface area contributed by atoms with Crippen LogP contribution in [0.2, 0.25) is 5.02 Å². The standard InChI is InChI=1S/C15H22ClNO3/c1-4-5-8-17-15(19)11(3)20-14-7-6-12(10(2)18)9-13(14)16/h6-7,9-11,18H,4-5,8H2,1-3H3,(H,17,19)/t10-,11?/m1/s1. The fourth-order valence-corrected chi connectivity index (χ4v) is 1.88. The largest absolute Gasteiger partial charge is 0.479 e. The molecule has 0 aliphatic rings. The van der Waals surface area contributed by atoms with Crippen LogP contribution in [0, 0.1) is 0 Å². The summed E-state index contributed by atoms with van der Waals surface area (Å²) >= 11 is 6.08. The molecule has 0 spiro atoms. The molecule has 0 aliphatic heterocycles. The van der Waals surface area contributed by atoms with E-state index in [9.17, 15) is 9.90 Å². The van der Waals surface area contributed by atoms with Crippen molar-refractivity contribution >= 4 is 17.5 Å². The number of carbonyl (C=O) groups excluding carboxylic acids is 1. The number of halogens is 1. The van der Waals surface area contributed by atoms with Crippen LogP contribution < -0.4 is 10.1 Å². The van der Waals surface area contributed by atoms with Crippen LogP contribution >= 0.6 is 11.6 Å². The molecule has 20 heavy (non-hydrogen) atoms. The van der Waals surface area contributed by atoms with Gasteiger partial charge in [-0.25, -0.2) is 0 Å². The first-order valence-electron chi connectivity index (χ1n) is 6.87. The molecule has 0 aromatic heterocycles. The highest BCUT2D eigenvalue weighted by Gasteiger charge is 2.16. The van der Waals surface area contributed by atoms with Crippen molar-refractivity contribution in [3.05, 3.63) is 28.8 Å². The molecule has 2 N–H and O–H groups in total. The van der Waals surface area contributed by atoms with Gasteiger partial charge in [0.1, 0.15) is 5.75 Å². The van der Waals surface area contributed by atoms with E-state index in [1.807, 2.05) is 0 Å². The molecule has 2 atom stereocenters. The Morgan fingerprint density at radius 1 is 1.45 bits per heavy atom. The average Bonchev–Trinajstić information content (AvgIpc) is 2.40. The summed E-state index contributed by atoms with van der Waals surface area (Å²) < 4.78 is 5.55. The van der Waals surface area contributed by atoms with Gasteiger partial charge < -0.3 is 15.2 Å². The van der Waals surface area contributed by atoms with E-state index in [1.54, 1.807) is 32.0 Å². The van der Waals surface area contributed by atoms with Gasteiger partial charge in [0.05, 0.1) is 11.1 Å². The van der Waals surface area contributed by atoms with Crippen molar-refractivity contribution in [2.75, 3.05) is 6.54 Å². The molecule has 1 aromatic rings. The summed E-state index contributed by atoms with van der Waals surface area (Å²) in [4.78, 5) is 11.8. The number of benzene rings is 1. The minimum atomic E-state index is -0.609. The fraction of sp³-hybridized carbons (Fsp3) is 0.533. The lowest BCUT2D eigenvalue weighted by molar-refractivity contribution is -0.127. The topological polar surface area (TPSA) is 58.6 Å². The maximum atomic E-state index is 11.8. The van der Waals surface area contributed by atoms with E-state index in [4.69, 9.17) is 16.3 Å². The van der Waals surface area contributed by atoms with Gasteiger partial charge in [0, 0.05) is 6.54 Å². The van der Waals surface area contributed by atoms with Gasteiger partial charge in [-0.3, -0.25) is 4.79 Å². The number of nitrogens with one attached hydrogen (secondary N) is 1. The predicted molar refractivity (Wildman–Crippen MR) is 80.1 cm³/mol. The van der Waals surface area contributed by atoms with E-state index >= 15 is 0 Å². The molecular formula is C15H22ClNO3. The van der Waals surface area contributed by atoms with Crippen molar-refractivity contribution in [3.63, 3.8) is 0 Å². The third kappa shape index (κ3) is 5.02. The lowest BCUT2D eigenvalue weighted by atomic mass is 10.1. The number of amides is 1. The molecule has 4 nitrogen and oxygen atoms in total. The molecule has 1 rings (SSSR count). The van der Waals surface area contributed by atoms with Crippen LogP contribution in [0.3, 0.4) is 0 Å². The smallest absolute Gasteiger partial charge is 0.260 e. The first kappa shape index (κ1) is 16.8. The Kier molecular flexibility index (Phi) is 6.82. The van der Waals surface area contributed by atoms with Gasteiger partial charge in [-0.15, -0.1) is 0 Å². The van der Waals surface area contributed by atoms with Gasteiger partial charge in [0.15, 0.2) is 6.10 Å². The molecule has 1 amide bonds. The Bertz CT molecular complexity index is 449. The highest BCUT2D eigenvalue weighted by Crippen LogP contribution is 2.28. The van der Waals surface area contributed by atoms with Gasteiger partial charge in [-0.2, -0.15) is 0 Å². The van der Waals surface area contributed by atoms with Crippen molar-refractivity contribution in [2.24, 2.45) is 0 Å². The normalized spacial score (nSPS) is 13.7. The third-order valence-electron chi connectivity index (χ3n) is 2.94. The Morgan fingerprint density at radius 3 is 2.70 bits per heavy atom. The van der Waals surface area contributed by atoms with E-state index in [-0.39, 0.29) is 5.91 Å². The summed E-state index contributed by atoms with van der Waals surface area (Å²) in [6.07, 6.45) is 0.780. The Balaban J connectivity index is 2.61. The zero-order valence-electron chi connectivity index (χ0n) is 12.1. The first-order valence-corrected chi connectivity index (χ1v) is 7.25. The van der Waals surface area contributed by atoms with Crippen LogP contribution in [0.15, 0.2) is 18.2 Å². The molecule has 0 fully saturated rings. The molecule has 112 valence electrons. The zero-order valence-corrected chi connectivity index (χ0v) is 12.9. The maximum absolute atomic E-state index is 11.8. The lowest BCUT2D eigenvalue weighted by Gasteiger charge is -2.16. The second-order valence-corrected chi connectivity index (χ2v) is 5.18. The summed E-state index contributed by atoms with van der Waals surface area (Å²) in [5.41, 5.74) is 0.711. The molecule has 1 unspecified atom stereocenters. The number of aliphatic hydroxyl groups excluding tert-OH is 1. The Morgan fingerprint density at radius 2 is 2.15 bits per heavy atom. The number of aliphatic hydroxyl groups is 1. The molecule has 1 aromatic carbocycles. The van der Waals surface area contributed by atoms with E-state index in [0.717, 1.165) is 12.8 Å². The quantitative estimate of drug-likeness (QED) is 0.761. The van der Waals surface area contributed by atoms with E-state index in [0.29, 0.717) is 22.9 Å². The van der Waals surface area contributed by atoms with Gasteiger partial charge in [0.2, 0.25) is 0 Å². The minimum absolute atomic E-state index is 0.158. The summed E-state index contributed by atoms with van der Waals surface area (Å²) in [7, 11) is 0. The summed E-state index contributed by atoms with van der Waals surface area (Å²) in [6, 6.07) is 5.04. The van der Waals surface area contributed by atoms with Crippen LogP contribution in [0.5, 0.6) is 5.75 Å². The molecular weight excluding hydrogens is 278 g/mol. The molecule has 0 radical (unpaired) electrons. The predicted octanol–water partition coefficient (Wildman–Crippen LogP) is 3.08. The van der Waals surface area contributed by atoms with Crippen molar-refractivity contribution in [3.8, 4) is 5.75 Å². The number of unbranched alkanes of at least 4 members (excludes halogenated alkanes) is 1. The molecule has 0 saturated carbocycles. The van der Waals surface area contributed by atoms with Gasteiger partial charge in [-0.05, 0) is 38.0 Å². The number of hydrogen-bond donors (Lipinski definition) is 2. The zero-order chi connectivity index (χ0) is 15.1. The van der Waals surface area contributed by atoms with Crippen LogP contribution in [-0.2, 0) is 4.79 Å². The summed E-state index contributed by atoms with van der Waals surface area (Å²) in [6.45, 7) is 6.06. The lowest BCUT2D eigenvalue weighted by Crippen LogP contribution is -2.36. The van der Waals surface area contributed by atoms with Crippen molar-refractivity contribution < 1.29 is 14.6 Å². The molecule has 0 heterocycles. The fourth-order valence-electron chi connectivity index (χ4n) is 1.65. The average molecular weight is 300 g/mol. The van der Waals surface area contributed by atoms with E-state index in [1.165, 1.54) is 0 Å². The Hall–Kier alpha value is -1.26. The van der Waals surface area contributed by atoms with Gasteiger partial charge in [0.25, 0.3) is 5.91 Å². The molecule has 0 aliphatic carbocycles. The number of hydrogen-bond acceptors (Lipinski definition) is 3. The monoisotopic (exact) mass is 299 g/mol. The second kappa shape index (κ2) is 8.12. The van der Waals surface area contributed by atoms with Gasteiger partial charge >= 0.3 is 0 Å². The molecule has 0 bridgehead atoms. The summed E-state index contributed by atoms with van der Waals surface area (Å²) in [5, 5.41) is 12.7. The Labute approximate surface area is 125 Å². The number of carbonyl (C=O) groups is 1.